The number of rotatable bonds is 2. The summed E-state index contributed by atoms with van der Waals surface area (Å²) in [5, 5.41) is 0. The van der Waals surface area contributed by atoms with Crippen molar-refractivity contribution in [3.05, 3.63) is 34.1 Å². The zero-order valence-corrected chi connectivity index (χ0v) is 10.1. The highest BCUT2D eigenvalue weighted by Gasteiger charge is 2.30. The van der Waals surface area contributed by atoms with Gasteiger partial charge in [0.25, 0.3) is 0 Å². The molecule has 1 aromatic carbocycles. The van der Waals surface area contributed by atoms with Gasteiger partial charge in [0.05, 0.1) is 5.56 Å². The van der Waals surface area contributed by atoms with Crippen molar-refractivity contribution >= 4 is 27.5 Å². The minimum absolute atomic E-state index is 0.0778. The second-order valence-corrected chi connectivity index (χ2v) is 4.88. The van der Waals surface area contributed by atoms with Crippen molar-refractivity contribution in [1.29, 1.82) is 0 Å². The lowest BCUT2D eigenvalue weighted by atomic mass is 9.96. The molecule has 1 saturated carbocycles. The van der Waals surface area contributed by atoms with E-state index in [2.05, 4.69) is 15.9 Å². The summed E-state index contributed by atoms with van der Waals surface area (Å²) < 4.78 is 14.1. The van der Waals surface area contributed by atoms with Crippen molar-refractivity contribution in [2.45, 2.75) is 19.3 Å². The van der Waals surface area contributed by atoms with Gasteiger partial charge in [-0.1, -0.05) is 15.9 Å². The highest BCUT2D eigenvalue weighted by molar-refractivity contribution is 9.10. The van der Waals surface area contributed by atoms with Gasteiger partial charge in [0, 0.05) is 23.2 Å². The Morgan fingerprint density at radius 1 is 1.44 bits per heavy atom. The van der Waals surface area contributed by atoms with E-state index in [9.17, 15) is 14.0 Å². The van der Waals surface area contributed by atoms with E-state index in [0.717, 1.165) is 0 Å². The smallest absolute Gasteiger partial charge is 0.169 e. The molecule has 4 heteroatoms. The fraction of sp³-hybridized carbons (Fsp3) is 0.333. The largest absolute Gasteiger partial charge is 0.300 e. The average molecular weight is 285 g/mol. The molecule has 0 radical (unpaired) electrons. The maximum absolute atomic E-state index is 13.4. The van der Waals surface area contributed by atoms with E-state index in [1.165, 1.54) is 12.1 Å². The summed E-state index contributed by atoms with van der Waals surface area (Å²) in [6, 6.07) is 4.28. The number of ketones is 2. The van der Waals surface area contributed by atoms with Crippen LogP contribution in [0.4, 0.5) is 4.39 Å². The highest BCUT2D eigenvalue weighted by Crippen LogP contribution is 2.27. The van der Waals surface area contributed by atoms with Crippen LogP contribution in [-0.4, -0.2) is 11.6 Å². The fourth-order valence-electron chi connectivity index (χ4n) is 1.94. The first-order valence-electron chi connectivity index (χ1n) is 5.09. The maximum Gasteiger partial charge on any atom is 0.169 e. The van der Waals surface area contributed by atoms with Crippen LogP contribution in [0.3, 0.4) is 0 Å². The van der Waals surface area contributed by atoms with Crippen LogP contribution < -0.4 is 0 Å². The normalized spacial score (nSPS) is 20.1. The first-order chi connectivity index (χ1) is 7.58. The molecule has 84 valence electrons. The molecule has 2 rings (SSSR count). The van der Waals surface area contributed by atoms with Crippen molar-refractivity contribution in [2.75, 3.05) is 0 Å². The zero-order valence-electron chi connectivity index (χ0n) is 8.50. The quantitative estimate of drug-likeness (QED) is 0.782. The molecular weight excluding hydrogens is 275 g/mol. The van der Waals surface area contributed by atoms with Crippen LogP contribution in [0, 0.1) is 11.7 Å². The van der Waals surface area contributed by atoms with Gasteiger partial charge in [0.2, 0.25) is 0 Å². The van der Waals surface area contributed by atoms with Crippen molar-refractivity contribution in [1.82, 2.24) is 0 Å². The molecular formula is C12H10BrFO2. The topological polar surface area (TPSA) is 34.1 Å². The number of halogens is 2. The summed E-state index contributed by atoms with van der Waals surface area (Å²) in [5.41, 5.74) is 0.0778. The summed E-state index contributed by atoms with van der Waals surface area (Å²) >= 11 is 3.20. The molecule has 1 aliphatic rings. The standard InChI is InChI=1S/C12H10BrFO2/c13-8-2-4-11(14)10(6-8)12(16)7-1-3-9(15)5-7/h2,4,6-7H,1,3,5H2. The van der Waals surface area contributed by atoms with Gasteiger partial charge in [-0.15, -0.1) is 0 Å². The van der Waals surface area contributed by atoms with Crippen molar-refractivity contribution in [2.24, 2.45) is 5.92 Å². The lowest BCUT2D eigenvalue weighted by molar-refractivity contribution is -0.117. The van der Waals surface area contributed by atoms with Gasteiger partial charge in [-0.3, -0.25) is 9.59 Å². The Balaban J connectivity index is 2.27. The summed E-state index contributed by atoms with van der Waals surface area (Å²) in [6.45, 7) is 0. The van der Waals surface area contributed by atoms with E-state index in [4.69, 9.17) is 0 Å². The second-order valence-electron chi connectivity index (χ2n) is 3.97. The van der Waals surface area contributed by atoms with Crippen LogP contribution in [-0.2, 0) is 4.79 Å². The first kappa shape index (κ1) is 11.5. The molecule has 1 unspecified atom stereocenters. The van der Waals surface area contributed by atoms with Gasteiger partial charge in [-0.25, -0.2) is 4.39 Å². The third kappa shape index (κ3) is 2.21. The van der Waals surface area contributed by atoms with Crippen LogP contribution in [0.15, 0.2) is 22.7 Å². The minimum Gasteiger partial charge on any atom is -0.300 e. The van der Waals surface area contributed by atoms with Gasteiger partial charge in [-0.2, -0.15) is 0 Å². The molecule has 0 amide bonds. The van der Waals surface area contributed by atoms with E-state index in [-0.39, 0.29) is 29.5 Å². The molecule has 1 fully saturated rings. The molecule has 0 N–H and O–H groups in total. The fourth-order valence-corrected chi connectivity index (χ4v) is 2.31. The Kier molecular flexibility index (Phi) is 3.19. The van der Waals surface area contributed by atoms with E-state index in [1.807, 2.05) is 0 Å². The molecule has 0 bridgehead atoms. The van der Waals surface area contributed by atoms with E-state index in [0.29, 0.717) is 17.3 Å². The van der Waals surface area contributed by atoms with Crippen LogP contribution in [0.2, 0.25) is 0 Å². The van der Waals surface area contributed by atoms with Crippen LogP contribution in [0.5, 0.6) is 0 Å². The number of carbonyl (C=O) groups is 2. The van der Waals surface area contributed by atoms with Crippen molar-refractivity contribution in [3.63, 3.8) is 0 Å². The van der Waals surface area contributed by atoms with Gasteiger partial charge in [-0.05, 0) is 24.6 Å². The average Bonchev–Trinajstić information content (AvgIpc) is 2.67. The maximum atomic E-state index is 13.4. The third-order valence-corrected chi connectivity index (χ3v) is 3.30. The molecule has 0 heterocycles. The Morgan fingerprint density at radius 2 is 2.19 bits per heavy atom. The van der Waals surface area contributed by atoms with Crippen LogP contribution >= 0.6 is 15.9 Å². The third-order valence-electron chi connectivity index (χ3n) is 2.81. The van der Waals surface area contributed by atoms with Crippen molar-refractivity contribution in [3.8, 4) is 0 Å². The van der Waals surface area contributed by atoms with Gasteiger partial charge in [0.15, 0.2) is 5.78 Å². The molecule has 1 atom stereocenters. The number of Topliss-reactive ketones (excluding diaryl/α,β-unsaturated/α-hetero) is 2. The number of hydrogen-bond acceptors (Lipinski definition) is 2. The summed E-state index contributed by atoms with van der Waals surface area (Å²) in [6.07, 6.45) is 1.24. The Labute approximate surface area is 101 Å². The lowest BCUT2D eigenvalue weighted by Gasteiger charge is -2.08. The summed E-state index contributed by atoms with van der Waals surface area (Å²) in [4.78, 5) is 23.0. The molecule has 0 aliphatic heterocycles. The molecule has 0 saturated heterocycles. The van der Waals surface area contributed by atoms with Crippen LogP contribution in [0.25, 0.3) is 0 Å². The number of hydrogen-bond donors (Lipinski definition) is 0. The lowest BCUT2D eigenvalue weighted by Crippen LogP contribution is -2.13. The highest BCUT2D eigenvalue weighted by atomic mass is 79.9. The van der Waals surface area contributed by atoms with Gasteiger partial charge < -0.3 is 0 Å². The minimum atomic E-state index is -0.521. The predicted octanol–water partition coefficient (Wildman–Crippen LogP) is 3.14. The van der Waals surface area contributed by atoms with Crippen molar-refractivity contribution < 1.29 is 14.0 Å². The van der Waals surface area contributed by atoms with E-state index < -0.39 is 5.82 Å². The number of carbonyl (C=O) groups excluding carboxylic acids is 2. The monoisotopic (exact) mass is 284 g/mol. The summed E-state index contributed by atoms with van der Waals surface area (Å²) in [5.74, 6) is -1.03. The SMILES string of the molecule is O=C1CCC(C(=O)c2cc(Br)ccc2F)C1. The van der Waals surface area contributed by atoms with Gasteiger partial charge >= 0.3 is 0 Å². The summed E-state index contributed by atoms with van der Waals surface area (Å²) in [7, 11) is 0. The molecule has 1 aliphatic carbocycles. The molecule has 16 heavy (non-hydrogen) atoms. The molecule has 1 aromatic rings. The molecule has 2 nitrogen and oxygen atoms in total. The molecule has 0 aromatic heterocycles. The number of benzene rings is 1. The zero-order chi connectivity index (χ0) is 11.7. The van der Waals surface area contributed by atoms with Gasteiger partial charge in [0.1, 0.15) is 11.6 Å². The Bertz CT molecular complexity index is 456. The van der Waals surface area contributed by atoms with Crippen LogP contribution in [0.1, 0.15) is 29.6 Å². The Morgan fingerprint density at radius 3 is 2.81 bits per heavy atom. The van der Waals surface area contributed by atoms with E-state index >= 15 is 0 Å². The molecule has 0 spiro atoms. The first-order valence-corrected chi connectivity index (χ1v) is 5.88. The Hall–Kier alpha value is -1.03. The predicted molar refractivity (Wildman–Crippen MR) is 60.8 cm³/mol. The second kappa shape index (κ2) is 4.45. The van der Waals surface area contributed by atoms with E-state index in [1.54, 1.807) is 6.07 Å².